The molecule has 27 heavy (non-hydrogen) atoms. The van der Waals surface area contributed by atoms with Gasteiger partial charge < -0.3 is 9.15 Å². The van der Waals surface area contributed by atoms with E-state index in [1.807, 2.05) is 60.7 Å². The van der Waals surface area contributed by atoms with Gasteiger partial charge in [-0.2, -0.15) is 0 Å². The summed E-state index contributed by atoms with van der Waals surface area (Å²) < 4.78 is 10.4. The predicted molar refractivity (Wildman–Crippen MR) is 101 cm³/mol. The van der Waals surface area contributed by atoms with Crippen LogP contribution in [0, 0.1) is 0 Å². The number of rotatable bonds is 7. The van der Waals surface area contributed by atoms with E-state index in [1.165, 1.54) is 11.8 Å². The Morgan fingerprint density at radius 3 is 2.44 bits per heavy atom. The first kappa shape index (κ1) is 18.7. The molecule has 2 aromatic carbocycles. The van der Waals surface area contributed by atoms with Gasteiger partial charge in [0.15, 0.2) is 6.61 Å². The molecule has 0 unspecified atom stereocenters. The quantitative estimate of drug-likeness (QED) is 0.493. The number of ether oxygens (including phenoxy) is 1. The fraction of sp³-hybridized carbons (Fsp3) is 0.158. The van der Waals surface area contributed by atoms with Gasteiger partial charge >= 0.3 is 12.0 Å². The van der Waals surface area contributed by atoms with Crippen molar-refractivity contribution in [1.29, 1.82) is 0 Å². The number of nitrogens with zero attached hydrogens (tertiary/aromatic N) is 2. The first-order valence-corrected chi connectivity index (χ1v) is 9.07. The average molecular weight is 383 g/mol. The Bertz CT molecular complexity index is 900. The zero-order valence-corrected chi connectivity index (χ0v) is 15.3. The number of esters is 1. The van der Waals surface area contributed by atoms with Gasteiger partial charge in [0, 0.05) is 10.5 Å². The average Bonchev–Trinajstić information content (AvgIpc) is 3.16. The number of benzene rings is 2. The maximum Gasteiger partial charge on any atom is 0.322 e. The Morgan fingerprint density at radius 1 is 1.07 bits per heavy atom. The summed E-state index contributed by atoms with van der Waals surface area (Å²) in [5.74, 6) is -0.742. The van der Waals surface area contributed by atoms with Crippen molar-refractivity contribution in [2.24, 2.45) is 0 Å². The number of carbonyl (C=O) groups excluding carboxylic acids is 2. The summed E-state index contributed by atoms with van der Waals surface area (Å²) in [6.45, 7) is 1.30. The van der Waals surface area contributed by atoms with E-state index >= 15 is 0 Å². The number of carbonyl (C=O) groups is 2. The Balaban J connectivity index is 1.47. The monoisotopic (exact) mass is 383 g/mol. The van der Waals surface area contributed by atoms with Crippen LogP contribution in [0.1, 0.15) is 6.92 Å². The molecule has 8 heteroatoms. The van der Waals surface area contributed by atoms with E-state index in [4.69, 9.17) is 9.15 Å². The molecule has 138 valence electrons. The summed E-state index contributed by atoms with van der Waals surface area (Å²) in [7, 11) is 0. The normalized spacial score (nSPS) is 11.6. The second kappa shape index (κ2) is 9.00. The van der Waals surface area contributed by atoms with Gasteiger partial charge in [-0.05, 0) is 31.2 Å². The molecule has 1 amide bonds. The lowest BCUT2D eigenvalue weighted by Crippen LogP contribution is -2.24. The summed E-state index contributed by atoms with van der Waals surface area (Å²) in [5, 5.41) is 9.60. The van der Waals surface area contributed by atoms with Crippen LogP contribution in [0.15, 0.2) is 70.0 Å². The second-order valence-corrected chi connectivity index (χ2v) is 6.92. The smallest absolute Gasteiger partial charge is 0.322 e. The van der Waals surface area contributed by atoms with E-state index in [-0.39, 0.29) is 11.9 Å². The molecule has 0 aliphatic rings. The highest BCUT2D eigenvalue weighted by Crippen LogP contribution is 2.23. The maximum absolute atomic E-state index is 12.0. The second-order valence-electron chi connectivity index (χ2n) is 5.51. The van der Waals surface area contributed by atoms with E-state index in [0.29, 0.717) is 0 Å². The first-order chi connectivity index (χ1) is 13.1. The third-order valence-corrected chi connectivity index (χ3v) is 4.52. The molecule has 1 heterocycles. The highest BCUT2D eigenvalue weighted by atomic mass is 32.2. The zero-order valence-electron chi connectivity index (χ0n) is 14.5. The van der Waals surface area contributed by atoms with E-state index < -0.39 is 23.7 Å². The van der Waals surface area contributed by atoms with Gasteiger partial charge in [-0.15, -0.1) is 16.9 Å². The standard InChI is InChI=1S/C19H17N3O4S/c1-13(27-15-10-6-3-7-11-15)18(24)25-12-16(23)20-19-22-21-17(26-19)14-8-4-2-5-9-14/h2-11,13H,12H2,1H3,(H,20,22,23)/t13-/m1/s1. The van der Waals surface area contributed by atoms with Crippen molar-refractivity contribution < 1.29 is 18.7 Å². The topological polar surface area (TPSA) is 94.3 Å². The number of amides is 1. The molecule has 0 spiro atoms. The van der Waals surface area contributed by atoms with E-state index in [0.717, 1.165) is 10.5 Å². The van der Waals surface area contributed by atoms with Gasteiger partial charge in [-0.25, -0.2) is 0 Å². The van der Waals surface area contributed by atoms with Crippen LogP contribution in [-0.4, -0.2) is 33.9 Å². The molecule has 0 saturated heterocycles. The van der Waals surface area contributed by atoms with Crippen LogP contribution >= 0.6 is 11.8 Å². The van der Waals surface area contributed by atoms with Crippen molar-refractivity contribution in [2.75, 3.05) is 11.9 Å². The van der Waals surface area contributed by atoms with Gasteiger partial charge in [0.2, 0.25) is 5.89 Å². The van der Waals surface area contributed by atoms with E-state index in [9.17, 15) is 9.59 Å². The molecule has 1 atom stereocenters. The fourth-order valence-electron chi connectivity index (χ4n) is 2.13. The van der Waals surface area contributed by atoms with Gasteiger partial charge in [0.25, 0.3) is 5.91 Å². The largest absolute Gasteiger partial charge is 0.455 e. The lowest BCUT2D eigenvalue weighted by Gasteiger charge is -2.10. The maximum atomic E-state index is 12.0. The predicted octanol–water partition coefficient (Wildman–Crippen LogP) is 3.40. The van der Waals surface area contributed by atoms with Gasteiger partial charge in [0.05, 0.1) is 0 Å². The molecule has 0 bridgehead atoms. The summed E-state index contributed by atoms with van der Waals surface area (Å²) in [4.78, 5) is 24.9. The summed E-state index contributed by atoms with van der Waals surface area (Å²) in [6, 6.07) is 18.6. The Labute approximate surface area is 160 Å². The minimum Gasteiger partial charge on any atom is -0.455 e. The summed E-state index contributed by atoms with van der Waals surface area (Å²) in [6.07, 6.45) is 0. The SMILES string of the molecule is C[C@@H](Sc1ccccc1)C(=O)OCC(=O)Nc1nnc(-c2ccccc2)o1. The molecule has 1 aromatic heterocycles. The summed E-state index contributed by atoms with van der Waals surface area (Å²) in [5.41, 5.74) is 0.740. The molecule has 0 aliphatic carbocycles. The fourth-order valence-corrected chi connectivity index (χ4v) is 3.02. The molecule has 0 fully saturated rings. The molecular weight excluding hydrogens is 366 g/mol. The third kappa shape index (κ3) is 5.42. The summed E-state index contributed by atoms with van der Waals surface area (Å²) >= 11 is 1.36. The molecule has 3 rings (SSSR count). The van der Waals surface area contributed by atoms with E-state index in [2.05, 4.69) is 15.5 Å². The van der Waals surface area contributed by atoms with Crippen LogP contribution in [-0.2, 0) is 14.3 Å². The molecule has 0 aliphatic heterocycles. The van der Waals surface area contributed by atoms with Crippen molar-refractivity contribution in [1.82, 2.24) is 10.2 Å². The van der Waals surface area contributed by atoms with Gasteiger partial charge in [-0.3, -0.25) is 14.9 Å². The van der Waals surface area contributed by atoms with Crippen molar-refractivity contribution in [3.8, 4) is 11.5 Å². The third-order valence-electron chi connectivity index (χ3n) is 3.43. The highest BCUT2D eigenvalue weighted by molar-refractivity contribution is 8.00. The first-order valence-electron chi connectivity index (χ1n) is 8.19. The minimum atomic E-state index is -0.552. The van der Waals surface area contributed by atoms with Gasteiger partial charge in [0.1, 0.15) is 5.25 Å². The van der Waals surface area contributed by atoms with Crippen LogP contribution < -0.4 is 5.32 Å². The van der Waals surface area contributed by atoms with Crippen molar-refractivity contribution in [3.05, 3.63) is 60.7 Å². The molecule has 0 radical (unpaired) electrons. The van der Waals surface area contributed by atoms with Crippen LogP contribution in [0.3, 0.4) is 0 Å². The Kier molecular flexibility index (Phi) is 6.22. The van der Waals surface area contributed by atoms with Crippen LogP contribution in [0.5, 0.6) is 0 Å². The Hall–Kier alpha value is -3.13. The lowest BCUT2D eigenvalue weighted by atomic mass is 10.2. The zero-order chi connectivity index (χ0) is 19.1. The van der Waals surface area contributed by atoms with E-state index in [1.54, 1.807) is 6.92 Å². The van der Waals surface area contributed by atoms with Crippen LogP contribution in [0.25, 0.3) is 11.5 Å². The molecule has 3 aromatic rings. The van der Waals surface area contributed by atoms with Crippen molar-refractivity contribution in [2.45, 2.75) is 17.1 Å². The lowest BCUT2D eigenvalue weighted by molar-refractivity contribution is -0.146. The van der Waals surface area contributed by atoms with Gasteiger partial charge in [-0.1, -0.05) is 41.5 Å². The number of nitrogens with one attached hydrogen (secondary N) is 1. The number of hydrogen-bond acceptors (Lipinski definition) is 7. The van der Waals surface area contributed by atoms with Crippen LogP contribution in [0.2, 0.25) is 0 Å². The highest BCUT2D eigenvalue weighted by Gasteiger charge is 2.18. The molecular formula is C19H17N3O4S. The molecule has 7 nitrogen and oxygen atoms in total. The molecule has 0 saturated carbocycles. The number of aromatic nitrogens is 2. The number of anilines is 1. The van der Waals surface area contributed by atoms with Crippen LogP contribution in [0.4, 0.5) is 6.01 Å². The van der Waals surface area contributed by atoms with Crippen molar-refractivity contribution >= 4 is 29.7 Å². The number of hydrogen-bond donors (Lipinski definition) is 1. The number of thioether (sulfide) groups is 1. The molecule has 1 N–H and O–H groups in total. The Morgan fingerprint density at radius 2 is 1.74 bits per heavy atom. The minimum absolute atomic E-state index is 0.0541. The van der Waals surface area contributed by atoms with Crippen molar-refractivity contribution in [3.63, 3.8) is 0 Å².